The Morgan fingerprint density at radius 2 is 1.62 bits per heavy atom. The Balaban J connectivity index is 2.88. The van der Waals surface area contributed by atoms with E-state index in [1.54, 1.807) is 26.0 Å². The zero-order valence-electron chi connectivity index (χ0n) is 16.5. The van der Waals surface area contributed by atoms with Crippen LogP contribution in [-0.4, -0.2) is 55.0 Å². The van der Waals surface area contributed by atoms with Crippen LogP contribution < -0.4 is 5.32 Å². The lowest BCUT2D eigenvalue weighted by atomic mass is 10.2. The van der Waals surface area contributed by atoms with Gasteiger partial charge < -0.3 is 15.3 Å². The fraction of sp³-hybridized carbons (Fsp3) is 0.562. The quantitative estimate of drug-likeness (QED) is 0.357. The van der Waals surface area contributed by atoms with Crippen LogP contribution in [0.15, 0.2) is 24.3 Å². The minimum absolute atomic E-state index is 0.00659. The molecule has 2 unspecified atom stereocenters. The minimum atomic E-state index is -4.36. The Labute approximate surface area is 169 Å². The second-order valence-corrected chi connectivity index (χ2v) is 8.49. The maximum Gasteiger partial charge on any atom is 0.475 e. The van der Waals surface area contributed by atoms with Crippen molar-refractivity contribution in [2.24, 2.45) is 0 Å². The molecular weight excluding hydrogens is 428 g/mol. The molecule has 29 heavy (non-hydrogen) atoms. The molecule has 0 aliphatic carbocycles. The third kappa shape index (κ3) is 9.37. The van der Waals surface area contributed by atoms with Crippen molar-refractivity contribution in [3.8, 4) is 5.75 Å². The minimum Gasteiger partial charge on any atom is -0.507 e. The average Bonchev–Trinajstić information content (AvgIpc) is 2.64. The predicted molar refractivity (Wildman–Crippen MR) is 104 cm³/mol. The molecule has 1 aromatic carbocycles. The molecule has 11 nitrogen and oxygen atoms in total. The van der Waals surface area contributed by atoms with Crippen molar-refractivity contribution in [3.05, 3.63) is 29.8 Å². The van der Waals surface area contributed by atoms with Gasteiger partial charge in [0.25, 0.3) is 5.91 Å². The van der Waals surface area contributed by atoms with Crippen LogP contribution in [0.5, 0.6) is 5.75 Å². The summed E-state index contributed by atoms with van der Waals surface area (Å²) in [5.41, 5.74) is 0.00659. The van der Waals surface area contributed by atoms with E-state index >= 15 is 0 Å². The highest BCUT2D eigenvalue weighted by atomic mass is 31.2. The largest absolute Gasteiger partial charge is 0.507 e. The third-order valence-corrected chi connectivity index (χ3v) is 5.97. The Hall–Kier alpha value is -1.29. The number of amides is 1. The first-order valence-corrected chi connectivity index (χ1v) is 11.9. The van der Waals surface area contributed by atoms with Crippen LogP contribution in [0.1, 0.15) is 31.1 Å². The van der Waals surface area contributed by atoms with Gasteiger partial charge in [-0.25, -0.2) is 9.13 Å². The summed E-state index contributed by atoms with van der Waals surface area (Å²) in [5, 5.41) is 12.2. The lowest BCUT2D eigenvalue weighted by Crippen LogP contribution is -2.36. The summed E-state index contributed by atoms with van der Waals surface area (Å²) in [6.07, 6.45) is -1.19. The molecule has 0 heterocycles. The highest BCUT2D eigenvalue weighted by molar-refractivity contribution is 7.48. The van der Waals surface area contributed by atoms with Crippen LogP contribution in [-0.2, 0) is 31.7 Å². The summed E-state index contributed by atoms with van der Waals surface area (Å²) in [5.74, 6) is -0.874. The van der Waals surface area contributed by atoms with Crippen molar-refractivity contribution < 1.29 is 46.5 Å². The van der Waals surface area contributed by atoms with Crippen molar-refractivity contribution in [2.75, 3.05) is 33.0 Å². The number of phenols is 1. The van der Waals surface area contributed by atoms with E-state index in [1.165, 1.54) is 19.1 Å². The number of carbonyl (C=O) groups is 1. The predicted octanol–water partition coefficient (Wildman–Crippen LogP) is 2.84. The molecule has 0 radical (unpaired) electrons. The van der Waals surface area contributed by atoms with Gasteiger partial charge >= 0.3 is 15.6 Å². The number of para-hydroxylation sites is 1. The van der Waals surface area contributed by atoms with E-state index < -0.39 is 34.3 Å². The highest BCUT2D eigenvalue weighted by Gasteiger charge is 2.32. The topological polar surface area (TPSA) is 150 Å². The molecule has 0 fully saturated rings. The maximum atomic E-state index is 12.6. The van der Waals surface area contributed by atoms with Crippen LogP contribution in [0.4, 0.5) is 0 Å². The van der Waals surface area contributed by atoms with E-state index in [1.807, 2.05) is 0 Å². The van der Waals surface area contributed by atoms with E-state index in [4.69, 9.17) is 18.1 Å². The number of phenolic OH excluding ortho intramolecular Hbond substituents is 1. The van der Waals surface area contributed by atoms with Crippen molar-refractivity contribution in [2.45, 2.75) is 26.9 Å². The molecule has 166 valence electrons. The van der Waals surface area contributed by atoms with Crippen molar-refractivity contribution in [3.63, 3.8) is 0 Å². The second-order valence-electron chi connectivity index (χ2n) is 5.42. The Bertz CT molecular complexity index is 734. The molecule has 1 amide bonds. The molecule has 1 aromatic rings. The van der Waals surface area contributed by atoms with Gasteiger partial charge in [-0.2, -0.15) is 0 Å². The van der Waals surface area contributed by atoms with E-state index in [-0.39, 0.29) is 37.7 Å². The zero-order chi connectivity index (χ0) is 21.9. The van der Waals surface area contributed by atoms with Crippen LogP contribution in [0, 0.1) is 0 Å². The molecular formula is C16H27NO10P2. The smallest absolute Gasteiger partial charge is 0.475 e. The van der Waals surface area contributed by atoms with Gasteiger partial charge in [0.2, 0.25) is 0 Å². The maximum absolute atomic E-state index is 12.6. The van der Waals surface area contributed by atoms with Crippen molar-refractivity contribution in [1.29, 1.82) is 0 Å². The molecule has 2 atom stereocenters. The normalized spacial score (nSPS) is 14.9. The first kappa shape index (κ1) is 25.7. The van der Waals surface area contributed by atoms with Gasteiger partial charge in [0, 0.05) is 6.54 Å². The average molecular weight is 455 g/mol. The number of aromatic hydroxyl groups is 1. The van der Waals surface area contributed by atoms with Gasteiger partial charge in [-0.1, -0.05) is 12.1 Å². The van der Waals surface area contributed by atoms with E-state index in [0.29, 0.717) is 0 Å². The molecule has 3 N–H and O–H groups in total. The summed E-state index contributed by atoms with van der Waals surface area (Å²) in [7, 11) is -8.37. The van der Waals surface area contributed by atoms with Crippen molar-refractivity contribution >= 4 is 21.6 Å². The van der Waals surface area contributed by atoms with Gasteiger partial charge in [-0.05, 0) is 32.9 Å². The second kappa shape index (κ2) is 12.4. The summed E-state index contributed by atoms with van der Waals surface area (Å²) < 4.78 is 49.2. The molecule has 0 saturated heterocycles. The molecule has 0 aromatic heterocycles. The number of phosphoric ester groups is 2. The van der Waals surface area contributed by atoms with Crippen molar-refractivity contribution in [1.82, 2.24) is 5.32 Å². The summed E-state index contributed by atoms with van der Waals surface area (Å²) in [6.45, 7) is 3.79. The highest BCUT2D eigenvalue weighted by Crippen LogP contribution is 2.51. The summed E-state index contributed by atoms with van der Waals surface area (Å²) in [4.78, 5) is 21.8. The molecule has 1 rings (SSSR count). The fourth-order valence-electron chi connectivity index (χ4n) is 2.07. The number of nitrogens with one attached hydrogen (secondary N) is 1. The summed E-state index contributed by atoms with van der Waals surface area (Å²) in [6, 6.07) is 5.86. The Morgan fingerprint density at radius 1 is 1.03 bits per heavy atom. The van der Waals surface area contributed by atoms with Gasteiger partial charge in [-0.3, -0.25) is 27.4 Å². The van der Waals surface area contributed by atoms with Crippen LogP contribution in [0.25, 0.3) is 0 Å². The molecule has 13 heteroatoms. The Kier molecular flexibility index (Phi) is 11.0. The number of benzene rings is 1. The number of phosphoric acid groups is 2. The molecule has 0 spiro atoms. The standard InChI is InChI=1S/C16H27NO10P2/c1-4-23-28(20,21)26-12-13(27-29(22,24-5-2)25-6-3)11-17-16(19)14-9-7-8-10-15(14)18/h7-10,13,18H,4-6,11-12H2,1-3H3,(H,17,19)(H,20,21). The number of hydrogen-bond acceptors (Lipinski definition) is 9. The fourth-order valence-corrected chi connectivity index (χ4v) is 4.15. The summed E-state index contributed by atoms with van der Waals surface area (Å²) >= 11 is 0. The first-order valence-electron chi connectivity index (χ1n) is 8.91. The lowest BCUT2D eigenvalue weighted by molar-refractivity contribution is 0.0437. The molecule has 0 bridgehead atoms. The van der Waals surface area contributed by atoms with E-state index in [2.05, 4.69) is 9.84 Å². The third-order valence-electron chi connectivity index (χ3n) is 3.21. The van der Waals surface area contributed by atoms with Crippen LogP contribution in [0.2, 0.25) is 0 Å². The zero-order valence-corrected chi connectivity index (χ0v) is 18.3. The number of hydrogen-bond donors (Lipinski definition) is 3. The first-order chi connectivity index (χ1) is 13.7. The van der Waals surface area contributed by atoms with Gasteiger partial charge in [0.1, 0.15) is 11.9 Å². The Morgan fingerprint density at radius 3 is 2.17 bits per heavy atom. The number of rotatable bonds is 14. The molecule has 0 saturated carbocycles. The molecule has 0 aliphatic rings. The SMILES string of the molecule is CCOP(=O)(O)OCC(CNC(=O)c1ccccc1O)OP(=O)(OCC)OCC. The lowest BCUT2D eigenvalue weighted by Gasteiger charge is -2.24. The van der Waals surface area contributed by atoms with E-state index in [9.17, 15) is 23.9 Å². The van der Waals surface area contributed by atoms with Crippen LogP contribution >= 0.6 is 15.6 Å². The monoisotopic (exact) mass is 455 g/mol. The van der Waals surface area contributed by atoms with E-state index in [0.717, 1.165) is 0 Å². The van der Waals surface area contributed by atoms with Gasteiger partial charge in [0.05, 0.1) is 32.0 Å². The molecule has 0 aliphatic heterocycles. The van der Waals surface area contributed by atoms with Crippen LogP contribution in [0.3, 0.4) is 0 Å². The van der Waals surface area contributed by atoms with Gasteiger partial charge in [0.15, 0.2) is 0 Å². The van der Waals surface area contributed by atoms with Gasteiger partial charge in [-0.15, -0.1) is 0 Å². The number of carbonyl (C=O) groups excluding carboxylic acids is 1.